The van der Waals surface area contributed by atoms with Gasteiger partial charge in [0.2, 0.25) is 0 Å². The zero-order valence-corrected chi connectivity index (χ0v) is 16.7. The van der Waals surface area contributed by atoms with E-state index in [9.17, 15) is 22.8 Å². The number of aromatic nitrogens is 4. The predicted octanol–water partition coefficient (Wildman–Crippen LogP) is 4.07. The van der Waals surface area contributed by atoms with E-state index in [0.29, 0.717) is 26.9 Å². The fourth-order valence-corrected chi connectivity index (χ4v) is 3.25. The summed E-state index contributed by atoms with van der Waals surface area (Å²) in [6.07, 6.45) is -0.947. The van der Waals surface area contributed by atoms with Crippen molar-refractivity contribution in [3.05, 3.63) is 57.8 Å². The molecular weight excluding hydrogens is 401 g/mol. The molecule has 30 heavy (non-hydrogen) atoms. The number of allylic oxidation sites excluding steroid dienone is 1. The molecular formula is C20H19F3N4O3. The van der Waals surface area contributed by atoms with E-state index in [0.717, 1.165) is 12.3 Å². The third-order valence-electron chi connectivity index (χ3n) is 4.59. The van der Waals surface area contributed by atoms with Crippen LogP contribution in [0.5, 0.6) is 0 Å². The second-order valence-electron chi connectivity index (χ2n) is 6.61. The molecule has 10 heteroatoms. The van der Waals surface area contributed by atoms with E-state index in [4.69, 9.17) is 4.74 Å². The number of nitrogens with zero attached hydrogens (tertiary/aromatic N) is 3. The van der Waals surface area contributed by atoms with Crippen LogP contribution in [0.25, 0.3) is 11.7 Å². The van der Waals surface area contributed by atoms with Gasteiger partial charge in [-0.15, -0.1) is 0 Å². The van der Waals surface area contributed by atoms with E-state index in [2.05, 4.69) is 15.1 Å². The largest absolute Gasteiger partial charge is 0.461 e. The van der Waals surface area contributed by atoms with Gasteiger partial charge >= 0.3 is 12.1 Å². The number of ether oxygens (including phenoxy) is 1. The summed E-state index contributed by atoms with van der Waals surface area (Å²) in [7, 11) is 0. The van der Waals surface area contributed by atoms with Crippen molar-refractivity contribution < 1.29 is 27.5 Å². The zero-order valence-electron chi connectivity index (χ0n) is 16.7. The first-order chi connectivity index (χ1) is 14.1. The zero-order chi connectivity index (χ0) is 22.2. The Labute approximate surface area is 169 Å². The summed E-state index contributed by atoms with van der Waals surface area (Å²) in [5.41, 5.74) is 1.03. The maximum atomic E-state index is 13.2. The topological polar surface area (TPSA) is 89.4 Å². The van der Waals surface area contributed by atoms with Crippen LogP contribution in [0, 0.1) is 20.8 Å². The number of hydrogen-bond acceptors (Lipinski definition) is 5. The van der Waals surface area contributed by atoms with Crippen molar-refractivity contribution in [2.75, 3.05) is 6.61 Å². The van der Waals surface area contributed by atoms with E-state index >= 15 is 0 Å². The van der Waals surface area contributed by atoms with Crippen LogP contribution in [0.4, 0.5) is 13.2 Å². The van der Waals surface area contributed by atoms with Gasteiger partial charge in [0.15, 0.2) is 11.4 Å². The first kappa shape index (κ1) is 21.3. The standard InChI is InChI=1S/C20H19F3N4O3/c1-5-30-19(29)17-10(2)16(12(4)25-17)14(28)7-6-13-11(3)26-27-15(20(21,22)23)8-9-24-18(13)27/h6-9,25H,5H2,1-4H3/b7-6+. The molecule has 0 aliphatic carbocycles. The van der Waals surface area contributed by atoms with Gasteiger partial charge in [-0.1, -0.05) is 0 Å². The highest BCUT2D eigenvalue weighted by Gasteiger charge is 2.34. The molecule has 1 N–H and O–H groups in total. The van der Waals surface area contributed by atoms with Crippen molar-refractivity contribution in [3.8, 4) is 0 Å². The van der Waals surface area contributed by atoms with Gasteiger partial charge in [-0.2, -0.15) is 18.3 Å². The number of aromatic amines is 1. The Hall–Kier alpha value is -3.43. The van der Waals surface area contributed by atoms with E-state index in [1.807, 2.05) is 0 Å². The highest BCUT2D eigenvalue weighted by molar-refractivity contribution is 6.10. The number of esters is 1. The molecule has 0 aromatic carbocycles. The molecule has 0 saturated carbocycles. The highest BCUT2D eigenvalue weighted by atomic mass is 19.4. The number of carbonyl (C=O) groups is 2. The van der Waals surface area contributed by atoms with Gasteiger partial charge in [-0.3, -0.25) is 4.79 Å². The molecule has 0 radical (unpaired) electrons. The summed E-state index contributed by atoms with van der Waals surface area (Å²) < 4.78 is 45.3. The van der Waals surface area contributed by atoms with Crippen molar-refractivity contribution in [3.63, 3.8) is 0 Å². The number of rotatable bonds is 5. The van der Waals surface area contributed by atoms with Crippen molar-refractivity contribution in [2.24, 2.45) is 0 Å². The lowest BCUT2D eigenvalue weighted by Gasteiger charge is -2.07. The quantitative estimate of drug-likeness (QED) is 0.382. The Kier molecular flexibility index (Phi) is 5.51. The molecule has 0 aliphatic heterocycles. The van der Waals surface area contributed by atoms with Gasteiger partial charge < -0.3 is 9.72 Å². The summed E-state index contributed by atoms with van der Waals surface area (Å²) in [5.74, 6) is -0.981. The number of ketones is 1. The van der Waals surface area contributed by atoms with E-state index in [1.54, 1.807) is 20.8 Å². The van der Waals surface area contributed by atoms with Crippen LogP contribution in [0.3, 0.4) is 0 Å². The third-order valence-corrected chi connectivity index (χ3v) is 4.59. The molecule has 0 atom stereocenters. The van der Waals surface area contributed by atoms with Crippen molar-refractivity contribution >= 4 is 23.5 Å². The summed E-state index contributed by atoms with van der Waals surface area (Å²) >= 11 is 0. The molecule has 0 bridgehead atoms. The maximum Gasteiger partial charge on any atom is 0.433 e. The molecule has 0 fully saturated rings. The lowest BCUT2D eigenvalue weighted by atomic mass is 10.0. The molecule has 3 aromatic rings. The Morgan fingerprint density at radius 2 is 1.97 bits per heavy atom. The third kappa shape index (κ3) is 3.72. The van der Waals surface area contributed by atoms with Crippen LogP contribution in [0.1, 0.15) is 56.0 Å². The minimum atomic E-state index is -4.60. The van der Waals surface area contributed by atoms with Crippen LogP contribution in [-0.4, -0.2) is 37.9 Å². The van der Waals surface area contributed by atoms with Crippen molar-refractivity contribution in [2.45, 2.75) is 33.9 Å². The van der Waals surface area contributed by atoms with Gasteiger partial charge in [0.1, 0.15) is 11.4 Å². The van der Waals surface area contributed by atoms with Crippen LogP contribution in [-0.2, 0) is 10.9 Å². The first-order valence-corrected chi connectivity index (χ1v) is 9.06. The van der Waals surface area contributed by atoms with Gasteiger partial charge in [0.05, 0.1) is 12.3 Å². The summed E-state index contributed by atoms with van der Waals surface area (Å²) in [6, 6.07) is 0.835. The van der Waals surface area contributed by atoms with Crippen LogP contribution in [0.2, 0.25) is 0 Å². The van der Waals surface area contributed by atoms with Crippen LogP contribution >= 0.6 is 0 Å². The lowest BCUT2D eigenvalue weighted by Crippen LogP contribution is -2.12. The molecule has 0 spiro atoms. The van der Waals surface area contributed by atoms with Crippen molar-refractivity contribution in [1.29, 1.82) is 0 Å². The maximum absolute atomic E-state index is 13.2. The molecule has 0 aliphatic rings. The molecule has 7 nitrogen and oxygen atoms in total. The van der Waals surface area contributed by atoms with Crippen LogP contribution < -0.4 is 0 Å². The van der Waals surface area contributed by atoms with E-state index in [1.165, 1.54) is 19.1 Å². The number of carbonyl (C=O) groups excluding carboxylic acids is 2. The SMILES string of the molecule is CCOC(=O)c1[nH]c(C)c(C(=O)/C=C/c2c(C)nn3c(C(F)(F)F)ccnc23)c1C. The minimum Gasteiger partial charge on any atom is -0.461 e. The Morgan fingerprint density at radius 3 is 2.60 bits per heavy atom. The molecule has 0 amide bonds. The number of alkyl halides is 3. The number of fused-ring (bicyclic) bond motifs is 1. The predicted molar refractivity (Wildman–Crippen MR) is 102 cm³/mol. The van der Waals surface area contributed by atoms with Gasteiger partial charge in [-0.05, 0) is 51.5 Å². The first-order valence-electron chi connectivity index (χ1n) is 9.06. The van der Waals surface area contributed by atoms with E-state index < -0.39 is 23.6 Å². The summed E-state index contributed by atoms with van der Waals surface area (Å²) in [5, 5.41) is 3.92. The Bertz CT molecular complexity index is 1170. The fourth-order valence-electron chi connectivity index (χ4n) is 3.25. The molecule has 3 rings (SSSR count). The number of nitrogens with one attached hydrogen (secondary N) is 1. The Morgan fingerprint density at radius 1 is 1.27 bits per heavy atom. The Balaban J connectivity index is 2.00. The molecule has 3 heterocycles. The smallest absolute Gasteiger partial charge is 0.433 e. The molecule has 0 saturated heterocycles. The van der Waals surface area contributed by atoms with E-state index in [-0.39, 0.29) is 23.6 Å². The monoisotopic (exact) mass is 420 g/mol. The second kappa shape index (κ2) is 7.77. The number of hydrogen-bond donors (Lipinski definition) is 1. The van der Waals surface area contributed by atoms with Crippen molar-refractivity contribution in [1.82, 2.24) is 19.6 Å². The average molecular weight is 420 g/mol. The minimum absolute atomic E-state index is 0.0129. The molecule has 3 aromatic heterocycles. The number of halogens is 3. The van der Waals surface area contributed by atoms with Crippen LogP contribution in [0.15, 0.2) is 18.3 Å². The highest BCUT2D eigenvalue weighted by Crippen LogP contribution is 2.30. The normalized spacial score (nSPS) is 12.1. The second-order valence-corrected chi connectivity index (χ2v) is 6.61. The van der Waals surface area contributed by atoms with Gasteiger partial charge in [-0.25, -0.2) is 14.3 Å². The number of H-pyrrole nitrogens is 1. The molecule has 0 unspecified atom stereocenters. The van der Waals surface area contributed by atoms with Gasteiger partial charge in [0, 0.05) is 23.0 Å². The summed E-state index contributed by atoms with van der Waals surface area (Å²) in [4.78, 5) is 31.6. The average Bonchev–Trinajstić information content (AvgIpc) is 3.14. The number of aryl methyl sites for hydroxylation is 2. The lowest BCUT2D eigenvalue weighted by molar-refractivity contribution is -0.142. The van der Waals surface area contributed by atoms with Gasteiger partial charge in [0.25, 0.3) is 0 Å². The summed E-state index contributed by atoms with van der Waals surface area (Å²) in [6.45, 7) is 6.67. The molecule has 158 valence electrons. The fraction of sp³-hybridized carbons (Fsp3) is 0.300.